The molecule has 0 amide bonds. The number of para-hydroxylation sites is 1. The van der Waals surface area contributed by atoms with E-state index in [2.05, 4.69) is 25.9 Å². The van der Waals surface area contributed by atoms with Crippen LogP contribution in [-0.4, -0.2) is 9.97 Å². The molecule has 0 aliphatic rings. The van der Waals surface area contributed by atoms with Crippen LogP contribution in [-0.2, 0) is 6.54 Å². The Morgan fingerprint density at radius 1 is 1.15 bits per heavy atom. The minimum Gasteiger partial charge on any atom is -0.424 e. The molecule has 5 heteroatoms. The van der Waals surface area contributed by atoms with Gasteiger partial charge in [0.25, 0.3) is 0 Å². The average Bonchev–Trinajstić information content (AvgIpc) is 2.49. The number of benzene rings is 2. The molecule has 0 fully saturated rings. The van der Waals surface area contributed by atoms with Gasteiger partial charge in [-0.1, -0.05) is 34.1 Å². The molecule has 0 saturated carbocycles. The van der Waals surface area contributed by atoms with Crippen molar-refractivity contribution < 1.29 is 4.74 Å². The first-order chi connectivity index (χ1) is 9.76. The number of aromatic nitrogens is 2. The highest BCUT2D eigenvalue weighted by atomic mass is 79.9. The summed E-state index contributed by atoms with van der Waals surface area (Å²) < 4.78 is 6.70. The second-order valence-electron chi connectivity index (χ2n) is 4.27. The van der Waals surface area contributed by atoms with E-state index in [9.17, 15) is 0 Å². The Labute approximate surface area is 124 Å². The lowest BCUT2D eigenvalue weighted by atomic mass is 10.2. The van der Waals surface area contributed by atoms with Crippen LogP contribution in [0, 0.1) is 0 Å². The Balaban J connectivity index is 1.96. The van der Waals surface area contributed by atoms with Gasteiger partial charge in [0.15, 0.2) is 0 Å². The second kappa shape index (κ2) is 5.56. The fourth-order valence-corrected chi connectivity index (χ4v) is 2.32. The molecule has 0 spiro atoms. The first-order valence-electron chi connectivity index (χ1n) is 6.14. The Morgan fingerprint density at radius 2 is 2.00 bits per heavy atom. The molecule has 100 valence electrons. The van der Waals surface area contributed by atoms with Crippen molar-refractivity contribution in [2.75, 3.05) is 0 Å². The molecule has 0 bridgehead atoms. The molecule has 0 unspecified atom stereocenters. The van der Waals surface area contributed by atoms with E-state index >= 15 is 0 Å². The van der Waals surface area contributed by atoms with Crippen molar-refractivity contribution in [2.24, 2.45) is 5.73 Å². The van der Waals surface area contributed by atoms with E-state index < -0.39 is 0 Å². The zero-order valence-corrected chi connectivity index (χ0v) is 12.2. The molecular weight excluding hydrogens is 318 g/mol. The van der Waals surface area contributed by atoms with Gasteiger partial charge in [-0.2, -0.15) is 4.98 Å². The Bertz CT molecular complexity index is 761. The summed E-state index contributed by atoms with van der Waals surface area (Å²) >= 11 is 3.41. The van der Waals surface area contributed by atoms with E-state index in [0.29, 0.717) is 18.3 Å². The Morgan fingerprint density at radius 3 is 2.85 bits per heavy atom. The van der Waals surface area contributed by atoms with Gasteiger partial charge in [-0.3, -0.25) is 0 Å². The lowest BCUT2D eigenvalue weighted by Gasteiger charge is -2.09. The van der Waals surface area contributed by atoms with Gasteiger partial charge in [-0.15, -0.1) is 0 Å². The highest BCUT2D eigenvalue weighted by Gasteiger charge is 2.07. The van der Waals surface area contributed by atoms with Crippen LogP contribution in [0.15, 0.2) is 53.1 Å². The van der Waals surface area contributed by atoms with Gasteiger partial charge in [-0.25, -0.2) is 4.98 Å². The minimum atomic E-state index is 0.320. The maximum Gasteiger partial charge on any atom is 0.322 e. The van der Waals surface area contributed by atoms with E-state index in [4.69, 9.17) is 10.5 Å². The van der Waals surface area contributed by atoms with Crippen molar-refractivity contribution in [3.8, 4) is 11.8 Å². The van der Waals surface area contributed by atoms with Crippen LogP contribution in [0.1, 0.15) is 5.56 Å². The van der Waals surface area contributed by atoms with Gasteiger partial charge in [0.1, 0.15) is 5.75 Å². The molecule has 1 aromatic heterocycles. The molecule has 0 aliphatic carbocycles. The summed E-state index contributed by atoms with van der Waals surface area (Å²) in [5, 5.41) is 0.981. The fraction of sp³-hybridized carbons (Fsp3) is 0.0667. The second-order valence-corrected chi connectivity index (χ2v) is 5.19. The highest BCUT2D eigenvalue weighted by Crippen LogP contribution is 2.26. The lowest BCUT2D eigenvalue weighted by molar-refractivity contribution is 0.439. The molecule has 20 heavy (non-hydrogen) atoms. The molecule has 3 rings (SSSR count). The van der Waals surface area contributed by atoms with E-state index in [1.54, 1.807) is 6.20 Å². The van der Waals surface area contributed by atoms with Crippen LogP contribution in [0.5, 0.6) is 11.8 Å². The summed E-state index contributed by atoms with van der Waals surface area (Å²) in [7, 11) is 0. The van der Waals surface area contributed by atoms with Crippen LogP contribution >= 0.6 is 15.9 Å². The molecule has 1 heterocycles. The minimum absolute atomic E-state index is 0.320. The van der Waals surface area contributed by atoms with Crippen molar-refractivity contribution in [1.82, 2.24) is 9.97 Å². The average molecular weight is 330 g/mol. The third-order valence-corrected chi connectivity index (χ3v) is 3.40. The summed E-state index contributed by atoms with van der Waals surface area (Å²) in [6, 6.07) is 13.8. The zero-order chi connectivity index (χ0) is 13.9. The van der Waals surface area contributed by atoms with Crippen molar-refractivity contribution in [1.29, 1.82) is 0 Å². The number of rotatable bonds is 3. The predicted octanol–water partition coefficient (Wildman–Crippen LogP) is 3.64. The van der Waals surface area contributed by atoms with Gasteiger partial charge in [-0.05, 0) is 24.3 Å². The van der Waals surface area contributed by atoms with Crippen LogP contribution in [0.4, 0.5) is 0 Å². The predicted molar refractivity (Wildman–Crippen MR) is 81.6 cm³/mol. The number of hydrogen-bond acceptors (Lipinski definition) is 4. The molecule has 0 atom stereocenters. The molecule has 2 aromatic carbocycles. The lowest BCUT2D eigenvalue weighted by Crippen LogP contribution is -2.01. The monoisotopic (exact) mass is 329 g/mol. The van der Waals surface area contributed by atoms with Crippen LogP contribution in [0.2, 0.25) is 0 Å². The third kappa shape index (κ3) is 2.64. The number of halogens is 1. The van der Waals surface area contributed by atoms with Gasteiger partial charge in [0, 0.05) is 28.2 Å². The van der Waals surface area contributed by atoms with Crippen LogP contribution < -0.4 is 10.5 Å². The zero-order valence-electron chi connectivity index (χ0n) is 10.6. The summed E-state index contributed by atoms with van der Waals surface area (Å²) in [5.41, 5.74) is 7.47. The van der Waals surface area contributed by atoms with Crippen molar-refractivity contribution >= 4 is 26.8 Å². The summed E-state index contributed by atoms with van der Waals surface area (Å²) in [5.74, 6) is 0.672. The third-order valence-electron chi connectivity index (χ3n) is 2.91. The van der Waals surface area contributed by atoms with Crippen molar-refractivity contribution in [2.45, 2.75) is 6.54 Å². The molecule has 0 saturated heterocycles. The highest BCUT2D eigenvalue weighted by molar-refractivity contribution is 9.10. The first kappa shape index (κ1) is 13.0. The van der Waals surface area contributed by atoms with Gasteiger partial charge >= 0.3 is 6.01 Å². The van der Waals surface area contributed by atoms with E-state index in [0.717, 1.165) is 20.9 Å². The summed E-state index contributed by atoms with van der Waals surface area (Å²) in [6.07, 6.45) is 1.75. The van der Waals surface area contributed by atoms with Gasteiger partial charge in [0.2, 0.25) is 0 Å². The van der Waals surface area contributed by atoms with Crippen LogP contribution in [0.25, 0.3) is 10.9 Å². The molecule has 2 N–H and O–H groups in total. The largest absolute Gasteiger partial charge is 0.424 e. The van der Waals surface area contributed by atoms with Crippen molar-refractivity contribution in [3.05, 3.63) is 58.7 Å². The van der Waals surface area contributed by atoms with Gasteiger partial charge in [0.05, 0.1) is 5.52 Å². The van der Waals surface area contributed by atoms with E-state index in [-0.39, 0.29) is 0 Å². The van der Waals surface area contributed by atoms with E-state index in [1.807, 2.05) is 42.5 Å². The maximum atomic E-state index is 5.74. The molecule has 0 radical (unpaired) electrons. The topological polar surface area (TPSA) is 61.0 Å². The number of nitrogens with two attached hydrogens (primary N) is 1. The van der Waals surface area contributed by atoms with Gasteiger partial charge < -0.3 is 10.5 Å². The number of nitrogens with zero attached hydrogens (tertiary/aromatic N) is 2. The SMILES string of the molecule is NCc1cc(Br)ccc1Oc1ncc2ccccc2n1. The van der Waals surface area contributed by atoms with Crippen molar-refractivity contribution in [3.63, 3.8) is 0 Å². The molecule has 0 aliphatic heterocycles. The first-order valence-corrected chi connectivity index (χ1v) is 6.94. The Kier molecular flexibility index (Phi) is 3.62. The molecule has 3 aromatic rings. The quantitative estimate of drug-likeness (QED) is 0.796. The van der Waals surface area contributed by atoms with E-state index in [1.165, 1.54) is 0 Å². The number of hydrogen-bond donors (Lipinski definition) is 1. The van der Waals surface area contributed by atoms with Crippen LogP contribution in [0.3, 0.4) is 0 Å². The standard InChI is InChI=1S/C15H12BrN3O/c16-12-5-6-14(11(7-12)8-17)20-15-18-9-10-3-1-2-4-13(10)19-15/h1-7,9H,8,17H2. The number of ether oxygens (including phenoxy) is 1. The Hall–Kier alpha value is -1.98. The maximum absolute atomic E-state index is 5.74. The summed E-state index contributed by atoms with van der Waals surface area (Å²) in [4.78, 5) is 8.60. The molecule has 4 nitrogen and oxygen atoms in total. The molecular formula is C15H12BrN3O. The number of fused-ring (bicyclic) bond motifs is 1. The summed E-state index contributed by atoms with van der Waals surface area (Å²) in [6.45, 7) is 0.391. The fourth-order valence-electron chi connectivity index (χ4n) is 1.91. The smallest absolute Gasteiger partial charge is 0.322 e. The normalized spacial score (nSPS) is 10.7.